The first kappa shape index (κ1) is 21.2. The highest BCUT2D eigenvalue weighted by Crippen LogP contribution is 2.07. The van der Waals surface area contributed by atoms with Gasteiger partial charge in [0.15, 0.2) is 0 Å². The zero-order valence-corrected chi connectivity index (χ0v) is 16.8. The van der Waals surface area contributed by atoms with Crippen LogP contribution in [0, 0.1) is 0 Å². The van der Waals surface area contributed by atoms with Crippen LogP contribution < -0.4 is 0 Å². The van der Waals surface area contributed by atoms with Crippen LogP contribution in [0.25, 0.3) is 6.08 Å². The minimum atomic E-state index is 0.0614. The fourth-order valence-corrected chi connectivity index (χ4v) is 3.25. The second-order valence-corrected chi connectivity index (χ2v) is 7.10. The van der Waals surface area contributed by atoms with Crippen LogP contribution in [-0.4, -0.2) is 72.3 Å². The van der Waals surface area contributed by atoms with Crippen molar-refractivity contribution in [3.05, 3.63) is 42.0 Å². The molecule has 0 atom stereocenters. The zero-order valence-electron chi connectivity index (χ0n) is 16.8. The molecule has 1 aliphatic rings. The molecule has 0 radical (unpaired) electrons. The molecule has 0 spiro atoms. The van der Waals surface area contributed by atoms with Crippen molar-refractivity contribution in [1.29, 1.82) is 0 Å². The van der Waals surface area contributed by atoms with Gasteiger partial charge in [0.05, 0.1) is 0 Å². The highest BCUT2D eigenvalue weighted by Gasteiger charge is 2.21. The molecule has 0 aliphatic carbocycles. The van der Waals surface area contributed by atoms with Crippen molar-refractivity contribution in [3.8, 4) is 0 Å². The van der Waals surface area contributed by atoms with E-state index in [4.69, 9.17) is 0 Å². The molecule has 0 N–H and O–H groups in total. The molecule has 1 aliphatic heterocycles. The monoisotopic (exact) mass is 371 g/mol. The summed E-state index contributed by atoms with van der Waals surface area (Å²) < 4.78 is 0. The second kappa shape index (κ2) is 11.5. The van der Waals surface area contributed by atoms with E-state index >= 15 is 0 Å². The number of hydrogen-bond acceptors (Lipinski definition) is 3. The topological polar surface area (TPSA) is 43.9 Å². The lowest BCUT2D eigenvalue weighted by molar-refractivity contribution is -0.134. The van der Waals surface area contributed by atoms with Gasteiger partial charge in [-0.25, -0.2) is 0 Å². The Labute approximate surface area is 163 Å². The molecule has 1 saturated heterocycles. The Morgan fingerprint density at radius 1 is 1.07 bits per heavy atom. The summed E-state index contributed by atoms with van der Waals surface area (Å²) >= 11 is 0. The first-order valence-electron chi connectivity index (χ1n) is 10.1. The third-order valence-corrected chi connectivity index (χ3v) is 5.02. The summed E-state index contributed by atoms with van der Waals surface area (Å²) in [7, 11) is 0. The quantitative estimate of drug-likeness (QED) is 0.670. The van der Waals surface area contributed by atoms with Crippen molar-refractivity contribution >= 4 is 17.9 Å². The fraction of sp³-hybridized carbons (Fsp3) is 0.545. The molecule has 0 aromatic heterocycles. The summed E-state index contributed by atoms with van der Waals surface area (Å²) in [6.07, 6.45) is 6.80. The number of rotatable bonds is 9. The number of nitrogens with zero attached hydrogens (tertiary/aromatic N) is 3. The van der Waals surface area contributed by atoms with Crippen LogP contribution in [0.15, 0.2) is 36.4 Å². The summed E-state index contributed by atoms with van der Waals surface area (Å²) in [5.41, 5.74) is 1.21. The van der Waals surface area contributed by atoms with Gasteiger partial charge in [0, 0.05) is 59.2 Å². The molecular weight excluding hydrogens is 338 g/mol. The third kappa shape index (κ3) is 7.55. The van der Waals surface area contributed by atoms with Crippen LogP contribution in [0.3, 0.4) is 0 Å². The van der Waals surface area contributed by atoms with Crippen LogP contribution in [-0.2, 0) is 9.59 Å². The van der Waals surface area contributed by atoms with Gasteiger partial charge in [-0.05, 0) is 12.0 Å². The molecule has 0 saturated carbocycles. The van der Waals surface area contributed by atoms with Crippen molar-refractivity contribution in [1.82, 2.24) is 14.7 Å². The summed E-state index contributed by atoms with van der Waals surface area (Å²) in [5, 5.41) is 0. The lowest BCUT2D eigenvalue weighted by atomic mass is 10.2. The Kier molecular flexibility index (Phi) is 9.05. The van der Waals surface area contributed by atoms with Crippen LogP contribution in [0.1, 0.15) is 38.7 Å². The number of carbonyl (C=O) groups is 2. The van der Waals surface area contributed by atoms with Crippen molar-refractivity contribution < 1.29 is 9.59 Å². The van der Waals surface area contributed by atoms with Gasteiger partial charge >= 0.3 is 0 Å². The molecule has 2 rings (SSSR count). The minimum absolute atomic E-state index is 0.0614. The van der Waals surface area contributed by atoms with Crippen molar-refractivity contribution in [3.63, 3.8) is 0 Å². The molecule has 5 heteroatoms. The molecule has 0 unspecified atom stereocenters. The van der Waals surface area contributed by atoms with Gasteiger partial charge in [0.25, 0.3) is 0 Å². The maximum absolute atomic E-state index is 12.5. The Bertz CT molecular complexity index is 607. The summed E-state index contributed by atoms with van der Waals surface area (Å²) in [5.74, 6) is 0.225. The Morgan fingerprint density at radius 2 is 1.78 bits per heavy atom. The normalized spacial score (nSPS) is 15.3. The van der Waals surface area contributed by atoms with E-state index in [2.05, 4.69) is 36.1 Å². The van der Waals surface area contributed by atoms with E-state index in [1.165, 1.54) is 5.56 Å². The predicted octanol–water partition coefficient (Wildman–Crippen LogP) is 2.88. The first-order chi connectivity index (χ1) is 13.1. The molecule has 0 bridgehead atoms. The molecule has 1 aromatic carbocycles. The van der Waals surface area contributed by atoms with E-state index in [1.54, 1.807) is 11.8 Å². The SMILES string of the molecule is CCCCN(CCC(=O)N1CCN(C/C=C/c2ccccc2)CC1)C(C)=O. The molecule has 1 fully saturated rings. The maximum atomic E-state index is 12.5. The van der Waals surface area contributed by atoms with Gasteiger partial charge in [0.2, 0.25) is 11.8 Å². The molecule has 27 heavy (non-hydrogen) atoms. The summed E-state index contributed by atoms with van der Waals surface area (Å²) in [6.45, 7) is 9.23. The standard InChI is InChI=1S/C22H33N3O2/c1-3-4-14-24(20(2)26)15-12-22(27)25-18-16-23(17-19-25)13-8-11-21-9-6-5-7-10-21/h5-11H,3-4,12-19H2,1-2H3/b11-8+. The van der Waals surface area contributed by atoms with Crippen LogP contribution in [0.2, 0.25) is 0 Å². The molecule has 1 aromatic rings. The van der Waals surface area contributed by atoms with Gasteiger partial charge in [0.1, 0.15) is 0 Å². The van der Waals surface area contributed by atoms with Crippen LogP contribution in [0.5, 0.6) is 0 Å². The average molecular weight is 372 g/mol. The Morgan fingerprint density at radius 3 is 2.41 bits per heavy atom. The van der Waals surface area contributed by atoms with E-state index in [0.29, 0.717) is 13.0 Å². The Hall–Kier alpha value is -2.14. The highest BCUT2D eigenvalue weighted by atomic mass is 16.2. The first-order valence-corrected chi connectivity index (χ1v) is 10.1. The van der Waals surface area contributed by atoms with Crippen molar-refractivity contribution in [2.24, 2.45) is 0 Å². The number of unbranched alkanes of at least 4 members (excludes halogenated alkanes) is 1. The van der Waals surface area contributed by atoms with Gasteiger partial charge in [-0.3, -0.25) is 14.5 Å². The minimum Gasteiger partial charge on any atom is -0.342 e. The van der Waals surface area contributed by atoms with Gasteiger partial charge in [-0.2, -0.15) is 0 Å². The fourth-order valence-electron chi connectivity index (χ4n) is 3.25. The molecule has 1 heterocycles. The number of amides is 2. The number of benzene rings is 1. The van der Waals surface area contributed by atoms with E-state index in [-0.39, 0.29) is 11.8 Å². The van der Waals surface area contributed by atoms with E-state index in [1.807, 2.05) is 23.1 Å². The summed E-state index contributed by atoms with van der Waals surface area (Å²) in [4.78, 5) is 30.2. The number of piperazine rings is 1. The van der Waals surface area contributed by atoms with Gasteiger partial charge in [-0.15, -0.1) is 0 Å². The van der Waals surface area contributed by atoms with Crippen LogP contribution >= 0.6 is 0 Å². The average Bonchev–Trinajstić information content (AvgIpc) is 2.69. The highest BCUT2D eigenvalue weighted by molar-refractivity contribution is 5.78. The van der Waals surface area contributed by atoms with E-state index < -0.39 is 0 Å². The lowest BCUT2D eigenvalue weighted by Gasteiger charge is -2.34. The number of carbonyl (C=O) groups excluding carboxylic acids is 2. The maximum Gasteiger partial charge on any atom is 0.224 e. The number of hydrogen-bond donors (Lipinski definition) is 0. The lowest BCUT2D eigenvalue weighted by Crippen LogP contribution is -2.49. The molecule has 5 nitrogen and oxygen atoms in total. The van der Waals surface area contributed by atoms with Crippen molar-refractivity contribution in [2.75, 3.05) is 45.8 Å². The predicted molar refractivity (Wildman–Crippen MR) is 110 cm³/mol. The summed E-state index contributed by atoms with van der Waals surface area (Å²) in [6, 6.07) is 10.3. The molecule has 2 amide bonds. The van der Waals surface area contributed by atoms with E-state index in [0.717, 1.165) is 52.1 Å². The molecule has 148 valence electrons. The smallest absolute Gasteiger partial charge is 0.224 e. The van der Waals surface area contributed by atoms with Crippen molar-refractivity contribution in [2.45, 2.75) is 33.1 Å². The van der Waals surface area contributed by atoms with Gasteiger partial charge < -0.3 is 9.80 Å². The molecular formula is C22H33N3O2. The third-order valence-electron chi connectivity index (χ3n) is 5.02. The van der Waals surface area contributed by atoms with Crippen LogP contribution in [0.4, 0.5) is 0 Å². The second-order valence-electron chi connectivity index (χ2n) is 7.10. The zero-order chi connectivity index (χ0) is 19.5. The Balaban J connectivity index is 1.69. The largest absolute Gasteiger partial charge is 0.342 e. The van der Waals surface area contributed by atoms with Gasteiger partial charge in [-0.1, -0.05) is 55.8 Å². The van der Waals surface area contributed by atoms with E-state index in [9.17, 15) is 9.59 Å².